The third-order valence-corrected chi connectivity index (χ3v) is 4.09. The van der Waals surface area contributed by atoms with Crippen molar-refractivity contribution in [2.24, 2.45) is 11.8 Å². The third-order valence-electron chi connectivity index (χ3n) is 3.85. The summed E-state index contributed by atoms with van der Waals surface area (Å²) < 4.78 is 13.6. The van der Waals surface area contributed by atoms with Gasteiger partial charge in [-0.2, -0.15) is 0 Å². The van der Waals surface area contributed by atoms with Crippen LogP contribution in [0.5, 0.6) is 0 Å². The van der Waals surface area contributed by atoms with Gasteiger partial charge in [0.25, 0.3) is 0 Å². The van der Waals surface area contributed by atoms with Crippen LogP contribution in [0.1, 0.15) is 38.2 Å². The fourth-order valence-electron chi connectivity index (χ4n) is 2.58. The zero-order chi connectivity index (χ0) is 13.1. The Kier molecular flexibility index (Phi) is 4.39. The molecule has 0 aliphatic heterocycles. The van der Waals surface area contributed by atoms with E-state index in [0.29, 0.717) is 10.6 Å². The molecule has 1 saturated carbocycles. The van der Waals surface area contributed by atoms with Gasteiger partial charge in [0.1, 0.15) is 11.6 Å². The lowest BCUT2D eigenvalue weighted by Crippen LogP contribution is -2.22. The van der Waals surface area contributed by atoms with Crippen molar-refractivity contribution < 1.29 is 9.18 Å². The summed E-state index contributed by atoms with van der Waals surface area (Å²) >= 11 is 5.69. The van der Waals surface area contributed by atoms with E-state index in [0.717, 1.165) is 31.6 Å². The molecule has 1 aromatic carbocycles. The van der Waals surface area contributed by atoms with E-state index in [-0.39, 0.29) is 23.9 Å². The first kappa shape index (κ1) is 13.5. The molecule has 0 heterocycles. The van der Waals surface area contributed by atoms with Gasteiger partial charge in [-0.25, -0.2) is 4.39 Å². The minimum Gasteiger partial charge on any atom is -0.299 e. The molecule has 0 N–H and O–H groups in total. The maximum absolute atomic E-state index is 13.6. The maximum Gasteiger partial charge on any atom is 0.140 e. The molecule has 1 aromatic rings. The second-order valence-electron chi connectivity index (χ2n) is 5.34. The average Bonchev–Trinajstić information content (AvgIpc) is 2.33. The van der Waals surface area contributed by atoms with Gasteiger partial charge in [0.15, 0.2) is 0 Å². The summed E-state index contributed by atoms with van der Waals surface area (Å²) in [5.41, 5.74) is 0.461. The highest BCUT2D eigenvalue weighted by Gasteiger charge is 2.24. The number of ketones is 1. The molecule has 0 radical (unpaired) electrons. The molecule has 18 heavy (non-hydrogen) atoms. The Morgan fingerprint density at radius 2 is 2.00 bits per heavy atom. The van der Waals surface area contributed by atoms with Crippen LogP contribution in [-0.4, -0.2) is 5.78 Å². The lowest BCUT2D eigenvalue weighted by Gasteiger charge is -2.25. The van der Waals surface area contributed by atoms with Gasteiger partial charge in [-0.3, -0.25) is 4.79 Å². The van der Waals surface area contributed by atoms with Crippen molar-refractivity contribution in [1.82, 2.24) is 0 Å². The van der Waals surface area contributed by atoms with Crippen LogP contribution in [0.4, 0.5) is 4.39 Å². The molecular formula is C15H18ClFO. The van der Waals surface area contributed by atoms with Gasteiger partial charge in [0.2, 0.25) is 0 Å². The molecule has 3 heteroatoms. The molecule has 0 saturated heterocycles. The van der Waals surface area contributed by atoms with Crippen molar-refractivity contribution in [1.29, 1.82) is 0 Å². The Hall–Kier alpha value is -0.890. The van der Waals surface area contributed by atoms with Crippen LogP contribution in [0.15, 0.2) is 18.2 Å². The van der Waals surface area contributed by atoms with Crippen LogP contribution >= 0.6 is 11.6 Å². The standard InChI is InChI=1S/C15H18ClFO/c1-10-2-4-11(5-3-10)15(18)8-12-6-7-13(16)9-14(12)17/h6-7,9-11H,2-5,8H2,1H3. The first-order chi connectivity index (χ1) is 8.56. The third kappa shape index (κ3) is 3.32. The zero-order valence-corrected chi connectivity index (χ0v) is 11.3. The van der Waals surface area contributed by atoms with Gasteiger partial charge >= 0.3 is 0 Å². The van der Waals surface area contributed by atoms with E-state index in [9.17, 15) is 9.18 Å². The number of carbonyl (C=O) groups excluding carboxylic acids is 1. The molecule has 0 bridgehead atoms. The van der Waals surface area contributed by atoms with Crippen LogP contribution in [0.25, 0.3) is 0 Å². The largest absolute Gasteiger partial charge is 0.299 e. The van der Waals surface area contributed by atoms with Gasteiger partial charge in [-0.15, -0.1) is 0 Å². The molecule has 1 nitrogen and oxygen atoms in total. The van der Waals surface area contributed by atoms with E-state index in [4.69, 9.17) is 11.6 Å². The summed E-state index contributed by atoms with van der Waals surface area (Å²) in [4.78, 5) is 12.1. The molecular weight excluding hydrogens is 251 g/mol. The number of hydrogen-bond donors (Lipinski definition) is 0. The van der Waals surface area contributed by atoms with Gasteiger partial charge in [-0.05, 0) is 36.5 Å². The molecule has 0 spiro atoms. The summed E-state index contributed by atoms with van der Waals surface area (Å²) in [7, 11) is 0. The Morgan fingerprint density at radius 3 is 2.61 bits per heavy atom. The Labute approximate surface area is 112 Å². The number of carbonyl (C=O) groups is 1. The van der Waals surface area contributed by atoms with Crippen molar-refractivity contribution >= 4 is 17.4 Å². The fourth-order valence-corrected chi connectivity index (χ4v) is 2.74. The zero-order valence-electron chi connectivity index (χ0n) is 10.6. The summed E-state index contributed by atoms with van der Waals surface area (Å²) in [5, 5.41) is 0.371. The maximum atomic E-state index is 13.6. The Morgan fingerprint density at radius 1 is 1.33 bits per heavy atom. The second-order valence-corrected chi connectivity index (χ2v) is 5.77. The van der Waals surface area contributed by atoms with E-state index < -0.39 is 0 Å². The summed E-state index contributed by atoms with van der Waals surface area (Å²) in [6.45, 7) is 2.22. The monoisotopic (exact) mass is 268 g/mol. The molecule has 0 aromatic heterocycles. The quantitative estimate of drug-likeness (QED) is 0.793. The number of rotatable bonds is 3. The molecule has 0 amide bonds. The van der Waals surface area contributed by atoms with Crippen molar-refractivity contribution in [3.05, 3.63) is 34.6 Å². The summed E-state index contributed by atoms with van der Waals surface area (Å²) in [5.74, 6) is 0.640. The van der Waals surface area contributed by atoms with Crippen LogP contribution in [-0.2, 0) is 11.2 Å². The number of benzene rings is 1. The lowest BCUT2D eigenvalue weighted by atomic mass is 9.79. The second kappa shape index (κ2) is 5.83. The predicted molar refractivity (Wildman–Crippen MR) is 71.2 cm³/mol. The van der Waals surface area contributed by atoms with E-state index in [1.807, 2.05) is 0 Å². The van der Waals surface area contributed by atoms with E-state index in [1.54, 1.807) is 12.1 Å². The first-order valence-corrected chi connectivity index (χ1v) is 6.90. The van der Waals surface area contributed by atoms with Gasteiger partial charge < -0.3 is 0 Å². The smallest absolute Gasteiger partial charge is 0.140 e. The summed E-state index contributed by atoms with van der Waals surface area (Å²) in [6.07, 6.45) is 4.32. The van der Waals surface area contributed by atoms with Crippen molar-refractivity contribution in [2.75, 3.05) is 0 Å². The van der Waals surface area contributed by atoms with Crippen molar-refractivity contribution in [3.63, 3.8) is 0 Å². The average molecular weight is 269 g/mol. The predicted octanol–water partition coefficient (Wildman–Crippen LogP) is 4.42. The highest BCUT2D eigenvalue weighted by Crippen LogP contribution is 2.30. The topological polar surface area (TPSA) is 17.1 Å². The lowest BCUT2D eigenvalue weighted by molar-refractivity contribution is -0.123. The Balaban J connectivity index is 1.98. The van der Waals surface area contributed by atoms with Crippen LogP contribution in [0.3, 0.4) is 0 Å². The van der Waals surface area contributed by atoms with Gasteiger partial charge in [0.05, 0.1) is 0 Å². The van der Waals surface area contributed by atoms with Gasteiger partial charge in [0, 0.05) is 17.4 Å². The molecule has 0 unspecified atom stereocenters. The normalized spacial score (nSPS) is 23.9. The number of Topliss-reactive ketones (excluding diaryl/α,β-unsaturated/α-hetero) is 1. The van der Waals surface area contributed by atoms with Crippen LogP contribution in [0.2, 0.25) is 5.02 Å². The summed E-state index contributed by atoms with van der Waals surface area (Å²) in [6, 6.07) is 4.52. The minimum atomic E-state index is -0.375. The highest BCUT2D eigenvalue weighted by atomic mass is 35.5. The van der Waals surface area contributed by atoms with Crippen LogP contribution in [0, 0.1) is 17.7 Å². The molecule has 2 rings (SSSR count). The molecule has 1 aliphatic carbocycles. The number of halogens is 2. The Bertz CT molecular complexity index is 436. The van der Waals surface area contributed by atoms with Gasteiger partial charge in [-0.1, -0.05) is 37.4 Å². The van der Waals surface area contributed by atoms with Crippen LogP contribution < -0.4 is 0 Å². The molecule has 1 aliphatic rings. The molecule has 98 valence electrons. The van der Waals surface area contributed by atoms with Crippen molar-refractivity contribution in [3.8, 4) is 0 Å². The highest BCUT2D eigenvalue weighted by molar-refractivity contribution is 6.30. The fraction of sp³-hybridized carbons (Fsp3) is 0.533. The molecule has 0 atom stereocenters. The van der Waals surface area contributed by atoms with E-state index in [1.165, 1.54) is 6.07 Å². The van der Waals surface area contributed by atoms with Crippen molar-refractivity contribution in [2.45, 2.75) is 39.0 Å². The SMILES string of the molecule is CC1CCC(C(=O)Cc2ccc(Cl)cc2F)CC1. The number of hydrogen-bond acceptors (Lipinski definition) is 1. The molecule has 1 fully saturated rings. The van der Waals surface area contributed by atoms with E-state index in [2.05, 4.69) is 6.92 Å². The minimum absolute atomic E-state index is 0.122. The van der Waals surface area contributed by atoms with E-state index >= 15 is 0 Å². The first-order valence-electron chi connectivity index (χ1n) is 6.53.